The Morgan fingerprint density at radius 1 is 1.50 bits per heavy atom. The molecule has 2 N–H and O–H groups in total. The number of aliphatic hydroxyl groups is 1. The molecule has 1 heterocycles. The van der Waals surface area contributed by atoms with Crippen LogP contribution < -0.4 is 5.32 Å². The number of carbonyl (C=O) groups excluding carboxylic acids is 2. The quantitative estimate of drug-likeness (QED) is 0.696. The average molecular weight is 228 g/mol. The summed E-state index contributed by atoms with van der Waals surface area (Å²) in [5.74, 6) is -0.201. The molecule has 1 rings (SSSR count). The topological polar surface area (TPSA) is 69.6 Å². The number of nitrogens with one attached hydrogen (secondary N) is 1. The molecule has 92 valence electrons. The molecule has 0 saturated carbocycles. The van der Waals surface area contributed by atoms with Crippen LogP contribution in [0.3, 0.4) is 0 Å². The third-order valence-corrected chi connectivity index (χ3v) is 2.74. The van der Waals surface area contributed by atoms with Gasteiger partial charge in [-0.3, -0.25) is 9.59 Å². The molecule has 0 aromatic rings. The lowest BCUT2D eigenvalue weighted by atomic mass is 10.1. The van der Waals surface area contributed by atoms with E-state index in [1.54, 1.807) is 4.90 Å². The number of aliphatic hydroxyl groups excluding tert-OH is 1. The molecule has 1 aliphatic rings. The minimum Gasteiger partial charge on any atom is -0.395 e. The van der Waals surface area contributed by atoms with Crippen molar-refractivity contribution in [1.82, 2.24) is 10.2 Å². The summed E-state index contributed by atoms with van der Waals surface area (Å²) >= 11 is 0. The van der Waals surface area contributed by atoms with Gasteiger partial charge in [-0.25, -0.2) is 0 Å². The second-order valence-electron chi connectivity index (χ2n) is 4.36. The van der Waals surface area contributed by atoms with Crippen LogP contribution in [0.1, 0.15) is 26.7 Å². The maximum atomic E-state index is 11.8. The fourth-order valence-corrected chi connectivity index (χ4v) is 1.93. The molecular weight excluding hydrogens is 208 g/mol. The first-order valence-electron chi connectivity index (χ1n) is 5.77. The summed E-state index contributed by atoms with van der Waals surface area (Å²) in [6, 6.07) is -0.346. The Morgan fingerprint density at radius 3 is 2.75 bits per heavy atom. The Balaban J connectivity index is 2.58. The lowest BCUT2D eigenvalue weighted by Crippen LogP contribution is -2.47. The minimum atomic E-state index is -0.346. The molecule has 1 atom stereocenters. The SMILES string of the molecule is CC(C)C(=O)N1CCCC1C(=O)NCCO. The summed E-state index contributed by atoms with van der Waals surface area (Å²) in [6.07, 6.45) is 1.59. The number of hydrogen-bond donors (Lipinski definition) is 2. The fourth-order valence-electron chi connectivity index (χ4n) is 1.93. The number of likely N-dealkylation sites (tertiary alicyclic amines) is 1. The van der Waals surface area contributed by atoms with Crippen LogP contribution in [0.15, 0.2) is 0 Å². The summed E-state index contributed by atoms with van der Waals surface area (Å²) in [5, 5.41) is 11.2. The number of amides is 2. The highest BCUT2D eigenvalue weighted by Gasteiger charge is 2.34. The Hall–Kier alpha value is -1.10. The van der Waals surface area contributed by atoms with Crippen molar-refractivity contribution in [2.45, 2.75) is 32.7 Å². The smallest absolute Gasteiger partial charge is 0.242 e. The highest BCUT2D eigenvalue weighted by molar-refractivity contribution is 5.88. The predicted octanol–water partition coefficient (Wildman–Crippen LogP) is -0.258. The molecule has 16 heavy (non-hydrogen) atoms. The molecule has 0 spiro atoms. The minimum absolute atomic E-state index is 0.0293. The highest BCUT2D eigenvalue weighted by Crippen LogP contribution is 2.19. The van der Waals surface area contributed by atoms with Gasteiger partial charge in [0.05, 0.1) is 6.61 Å². The van der Waals surface area contributed by atoms with Crippen molar-refractivity contribution in [3.05, 3.63) is 0 Å². The van der Waals surface area contributed by atoms with E-state index in [2.05, 4.69) is 5.32 Å². The maximum absolute atomic E-state index is 11.8. The molecule has 1 unspecified atom stereocenters. The summed E-state index contributed by atoms with van der Waals surface area (Å²) in [7, 11) is 0. The Bertz CT molecular complexity index is 266. The monoisotopic (exact) mass is 228 g/mol. The van der Waals surface area contributed by atoms with Crippen LogP contribution >= 0.6 is 0 Å². The van der Waals surface area contributed by atoms with Gasteiger partial charge in [0.2, 0.25) is 11.8 Å². The molecule has 2 amide bonds. The van der Waals surface area contributed by atoms with Gasteiger partial charge >= 0.3 is 0 Å². The fraction of sp³-hybridized carbons (Fsp3) is 0.818. The average Bonchev–Trinajstić information content (AvgIpc) is 2.73. The molecule has 1 aliphatic heterocycles. The Kier molecular flexibility index (Phi) is 4.73. The van der Waals surface area contributed by atoms with Crippen molar-refractivity contribution in [1.29, 1.82) is 0 Å². The van der Waals surface area contributed by atoms with E-state index in [4.69, 9.17) is 5.11 Å². The third kappa shape index (κ3) is 2.95. The maximum Gasteiger partial charge on any atom is 0.242 e. The van der Waals surface area contributed by atoms with Crippen molar-refractivity contribution in [2.24, 2.45) is 5.92 Å². The van der Waals surface area contributed by atoms with Gasteiger partial charge in [-0.2, -0.15) is 0 Å². The van der Waals surface area contributed by atoms with Crippen LogP contribution in [-0.2, 0) is 9.59 Å². The number of rotatable bonds is 4. The van der Waals surface area contributed by atoms with Gasteiger partial charge in [-0.15, -0.1) is 0 Å². The van der Waals surface area contributed by atoms with Crippen LogP contribution in [0.4, 0.5) is 0 Å². The normalized spacial score (nSPS) is 20.2. The summed E-state index contributed by atoms with van der Waals surface area (Å²) in [4.78, 5) is 25.2. The molecule has 5 heteroatoms. The van der Waals surface area contributed by atoms with Gasteiger partial charge in [-0.1, -0.05) is 13.8 Å². The summed E-state index contributed by atoms with van der Waals surface area (Å²) in [6.45, 7) is 4.51. The molecule has 0 aliphatic carbocycles. The van der Waals surface area contributed by atoms with E-state index < -0.39 is 0 Å². The molecule has 1 fully saturated rings. The van der Waals surface area contributed by atoms with E-state index in [0.29, 0.717) is 6.54 Å². The van der Waals surface area contributed by atoms with E-state index >= 15 is 0 Å². The number of hydrogen-bond acceptors (Lipinski definition) is 3. The Labute approximate surface area is 95.8 Å². The van der Waals surface area contributed by atoms with E-state index in [-0.39, 0.29) is 36.9 Å². The molecule has 0 radical (unpaired) electrons. The molecular formula is C11H20N2O3. The van der Waals surface area contributed by atoms with Gasteiger partial charge in [-0.05, 0) is 12.8 Å². The Morgan fingerprint density at radius 2 is 2.19 bits per heavy atom. The second-order valence-corrected chi connectivity index (χ2v) is 4.36. The lowest BCUT2D eigenvalue weighted by molar-refractivity contribution is -0.140. The largest absolute Gasteiger partial charge is 0.395 e. The standard InChI is InChI=1S/C11H20N2O3/c1-8(2)11(16)13-6-3-4-9(13)10(15)12-5-7-14/h8-9,14H,3-7H2,1-2H3,(H,12,15). The van der Waals surface area contributed by atoms with Gasteiger partial charge in [0, 0.05) is 19.0 Å². The van der Waals surface area contributed by atoms with Gasteiger partial charge < -0.3 is 15.3 Å². The van der Waals surface area contributed by atoms with E-state index in [1.165, 1.54) is 0 Å². The van der Waals surface area contributed by atoms with Crippen LogP contribution in [0.5, 0.6) is 0 Å². The lowest BCUT2D eigenvalue weighted by Gasteiger charge is -2.25. The molecule has 0 aromatic carbocycles. The van der Waals surface area contributed by atoms with Crippen molar-refractivity contribution in [2.75, 3.05) is 19.7 Å². The van der Waals surface area contributed by atoms with Crippen molar-refractivity contribution < 1.29 is 14.7 Å². The van der Waals surface area contributed by atoms with E-state index in [0.717, 1.165) is 12.8 Å². The third-order valence-electron chi connectivity index (χ3n) is 2.74. The molecule has 5 nitrogen and oxygen atoms in total. The molecule has 1 saturated heterocycles. The van der Waals surface area contributed by atoms with E-state index in [9.17, 15) is 9.59 Å². The van der Waals surface area contributed by atoms with Gasteiger partial charge in [0.15, 0.2) is 0 Å². The van der Waals surface area contributed by atoms with Crippen LogP contribution in [0, 0.1) is 5.92 Å². The zero-order valence-electron chi connectivity index (χ0n) is 9.90. The molecule has 0 aromatic heterocycles. The van der Waals surface area contributed by atoms with Gasteiger partial charge in [0.25, 0.3) is 0 Å². The first kappa shape index (κ1) is 13.0. The van der Waals surface area contributed by atoms with Crippen molar-refractivity contribution in [3.8, 4) is 0 Å². The number of carbonyl (C=O) groups is 2. The number of nitrogens with zero attached hydrogens (tertiary/aromatic N) is 1. The second kappa shape index (κ2) is 5.84. The predicted molar refractivity (Wildman–Crippen MR) is 59.7 cm³/mol. The zero-order chi connectivity index (χ0) is 12.1. The zero-order valence-corrected chi connectivity index (χ0v) is 9.90. The van der Waals surface area contributed by atoms with Crippen LogP contribution in [0.2, 0.25) is 0 Å². The molecule has 0 bridgehead atoms. The van der Waals surface area contributed by atoms with Gasteiger partial charge in [0.1, 0.15) is 6.04 Å². The first-order chi connectivity index (χ1) is 7.57. The first-order valence-corrected chi connectivity index (χ1v) is 5.77. The van der Waals surface area contributed by atoms with Crippen molar-refractivity contribution in [3.63, 3.8) is 0 Å². The van der Waals surface area contributed by atoms with Crippen LogP contribution in [-0.4, -0.2) is 47.6 Å². The summed E-state index contributed by atoms with van der Waals surface area (Å²) in [5.41, 5.74) is 0. The summed E-state index contributed by atoms with van der Waals surface area (Å²) < 4.78 is 0. The van der Waals surface area contributed by atoms with E-state index in [1.807, 2.05) is 13.8 Å². The highest BCUT2D eigenvalue weighted by atomic mass is 16.3. The van der Waals surface area contributed by atoms with Crippen LogP contribution in [0.25, 0.3) is 0 Å². The van der Waals surface area contributed by atoms with Crippen molar-refractivity contribution >= 4 is 11.8 Å².